The van der Waals surface area contributed by atoms with E-state index in [0.29, 0.717) is 5.56 Å². The van der Waals surface area contributed by atoms with Crippen LogP contribution in [0.5, 0.6) is 0 Å². The first kappa shape index (κ1) is 11.0. The maximum absolute atomic E-state index is 10.8. The third-order valence-electron chi connectivity index (χ3n) is 2.76. The molecule has 0 saturated carbocycles. The molecule has 1 aromatic carbocycles. The van der Waals surface area contributed by atoms with Gasteiger partial charge in [0.15, 0.2) is 0 Å². The van der Waals surface area contributed by atoms with Crippen molar-refractivity contribution in [2.24, 2.45) is 0 Å². The summed E-state index contributed by atoms with van der Waals surface area (Å²) in [4.78, 5) is 10.4. The van der Waals surface area contributed by atoms with E-state index in [-0.39, 0.29) is 10.7 Å². The van der Waals surface area contributed by atoms with Crippen molar-refractivity contribution in [1.29, 1.82) is 0 Å². The Morgan fingerprint density at radius 2 is 1.43 bits per heavy atom. The number of benzene rings is 1. The van der Waals surface area contributed by atoms with Crippen LogP contribution in [0, 0.1) is 37.8 Å². The molecular weight excluding hydrogens is 202 g/mol. The van der Waals surface area contributed by atoms with Crippen molar-refractivity contribution in [1.82, 2.24) is 0 Å². The molecule has 0 atom stereocenters. The minimum Gasteiger partial charge on any atom is -0.258 e. The Morgan fingerprint density at radius 1 is 1.00 bits per heavy atom. The van der Waals surface area contributed by atoms with Crippen molar-refractivity contribution in [2.75, 3.05) is 0 Å². The number of rotatable bonds is 1. The average molecular weight is 214 g/mol. The number of hydrogen-bond acceptors (Lipinski definition) is 2. The van der Waals surface area contributed by atoms with Gasteiger partial charge in [-0.3, -0.25) is 10.1 Å². The monoisotopic (exact) mass is 213 g/mol. The van der Waals surface area contributed by atoms with E-state index in [0.717, 1.165) is 16.7 Å². The van der Waals surface area contributed by atoms with Crippen LogP contribution < -0.4 is 0 Å². The fourth-order valence-corrected chi connectivity index (χ4v) is 1.82. The van der Waals surface area contributed by atoms with Crippen LogP contribution >= 0.6 is 11.6 Å². The SMILES string of the molecule is Cc1c(C)c(C)c([N+](=O)[O-])c(Cl)c1C. The van der Waals surface area contributed by atoms with Crippen LogP contribution in [0.4, 0.5) is 5.69 Å². The van der Waals surface area contributed by atoms with E-state index < -0.39 is 4.92 Å². The van der Waals surface area contributed by atoms with Crippen molar-refractivity contribution in [3.63, 3.8) is 0 Å². The molecule has 0 radical (unpaired) electrons. The standard InChI is InChI=1S/C10H12ClNO2/c1-5-6(2)8(4)10(12(13)14)9(11)7(5)3/h1-4H3. The Labute approximate surface area is 87.8 Å². The summed E-state index contributed by atoms with van der Waals surface area (Å²) in [6.45, 7) is 7.33. The lowest BCUT2D eigenvalue weighted by Gasteiger charge is -2.10. The summed E-state index contributed by atoms with van der Waals surface area (Å²) in [5.41, 5.74) is 3.45. The van der Waals surface area contributed by atoms with Gasteiger partial charge in [0.25, 0.3) is 5.69 Å². The first-order valence-electron chi connectivity index (χ1n) is 4.28. The molecule has 0 saturated heterocycles. The quantitative estimate of drug-likeness (QED) is 0.530. The van der Waals surface area contributed by atoms with Crippen molar-refractivity contribution >= 4 is 17.3 Å². The van der Waals surface area contributed by atoms with Crippen LogP contribution in [0.1, 0.15) is 22.3 Å². The second kappa shape index (κ2) is 3.58. The summed E-state index contributed by atoms with van der Waals surface area (Å²) in [7, 11) is 0. The highest BCUT2D eigenvalue weighted by atomic mass is 35.5. The second-order valence-electron chi connectivity index (χ2n) is 3.42. The smallest absolute Gasteiger partial charge is 0.258 e. The second-order valence-corrected chi connectivity index (χ2v) is 3.80. The van der Waals surface area contributed by atoms with Crippen molar-refractivity contribution in [2.45, 2.75) is 27.7 Å². The Hall–Kier alpha value is -1.09. The van der Waals surface area contributed by atoms with Gasteiger partial charge in [0.2, 0.25) is 0 Å². The molecule has 0 spiro atoms. The molecule has 0 bridgehead atoms. The molecule has 0 heterocycles. The molecule has 0 amide bonds. The van der Waals surface area contributed by atoms with Gasteiger partial charge in [0, 0.05) is 5.56 Å². The predicted octanol–water partition coefficient (Wildman–Crippen LogP) is 3.48. The highest BCUT2D eigenvalue weighted by molar-refractivity contribution is 6.33. The highest BCUT2D eigenvalue weighted by Crippen LogP contribution is 2.35. The lowest BCUT2D eigenvalue weighted by atomic mass is 9.98. The molecule has 76 valence electrons. The zero-order valence-electron chi connectivity index (χ0n) is 8.64. The summed E-state index contributed by atoms with van der Waals surface area (Å²) in [6, 6.07) is 0. The normalized spacial score (nSPS) is 10.4. The van der Waals surface area contributed by atoms with Gasteiger partial charge in [-0.1, -0.05) is 11.6 Å². The zero-order chi connectivity index (χ0) is 11.0. The van der Waals surface area contributed by atoms with E-state index in [1.807, 2.05) is 13.8 Å². The van der Waals surface area contributed by atoms with Gasteiger partial charge in [0.05, 0.1) is 4.92 Å². The molecule has 0 aliphatic carbocycles. The van der Waals surface area contributed by atoms with E-state index in [1.54, 1.807) is 13.8 Å². The predicted molar refractivity (Wildman–Crippen MR) is 57.1 cm³/mol. The first-order valence-corrected chi connectivity index (χ1v) is 4.66. The lowest BCUT2D eigenvalue weighted by Crippen LogP contribution is -2.00. The first-order chi connectivity index (χ1) is 6.37. The fourth-order valence-electron chi connectivity index (χ4n) is 1.46. The van der Waals surface area contributed by atoms with Crippen LogP contribution in [0.3, 0.4) is 0 Å². The third-order valence-corrected chi connectivity index (χ3v) is 3.22. The largest absolute Gasteiger partial charge is 0.291 e. The van der Waals surface area contributed by atoms with E-state index in [1.165, 1.54) is 0 Å². The molecule has 3 nitrogen and oxygen atoms in total. The number of nitro groups is 1. The molecule has 0 fully saturated rings. The molecule has 0 aliphatic rings. The van der Waals surface area contributed by atoms with Gasteiger partial charge in [-0.15, -0.1) is 0 Å². The summed E-state index contributed by atoms with van der Waals surface area (Å²) in [5.74, 6) is 0. The van der Waals surface area contributed by atoms with Gasteiger partial charge in [-0.05, 0) is 44.4 Å². The highest BCUT2D eigenvalue weighted by Gasteiger charge is 2.22. The molecule has 14 heavy (non-hydrogen) atoms. The van der Waals surface area contributed by atoms with Crippen molar-refractivity contribution in [3.8, 4) is 0 Å². The number of nitro benzene ring substituents is 1. The van der Waals surface area contributed by atoms with Gasteiger partial charge < -0.3 is 0 Å². The third kappa shape index (κ3) is 1.48. The Morgan fingerprint density at radius 3 is 1.86 bits per heavy atom. The fraction of sp³-hybridized carbons (Fsp3) is 0.400. The maximum atomic E-state index is 10.8. The van der Waals surface area contributed by atoms with Gasteiger partial charge in [0.1, 0.15) is 5.02 Å². The van der Waals surface area contributed by atoms with E-state index >= 15 is 0 Å². The molecule has 0 aromatic heterocycles. The summed E-state index contributed by atoms with van der Waals surface area (Å²) in [6.07, 6.45) is 0. The van der Waals surface area contributed by atoms with E-state index in [2.05, 4.69) is 0 Å². The van der Waals surface area contributed by atoms with Crippen molar-refractivity contribution in [3.05, 3.63) is 37.4 Å². The maximum Gasteiger partial charge on any atom is 0.291 e. The van der Waals surface area contributed by atoms with Gasteiger partial charge >= 0.3 is 0 Å². The van der Waals surface area contributed by atoms with Crippen LogP contribution in [0.15, 0.2) is 0 Å². The molecule has 0 unspecified atom stereocenters. The molecule has 1 aromatic rings. The topological polar surface area (TPSA) is 43.1 Å². The summed E-state index contributed by atoms with van der Waals surface area (Å²) < 4.78 is 0. The Kier molecular flexibility index (Phi) is 2.81. The summed E-state index contributed by atoms with van der Waals surface area (Å²) in [5, 5.41) is 11.0. The summed E-state index contributed by atoms with van der Waals surface area (Å²) >= 11 is 5.93. The number of nitrogens with zero attached hydrogens (tertiary/aromatic N) is 1. The Bertz CT molecular complexity index is 384. The minimum absolute atomic E-state index is 0.0345. The average Bonchev–Trinajstić information content (AvgIpc) is 2.11. The Balaban J connectivity index is 3.68. The van der Waals surface area contributed by atoms with Crippen LogP contribution in [-0.2, 0) is 0 Å². The van der Waals surface area contributed by atoms with E-state index in [9.17, 15) is 10.1 Å². The minimum atomic E-state index is -0.420. The van der Waals surface area contributed by atoms with Crippen LogP contribution in [-0.4, -0.2) is 4.92 Å². The molecule has 1 rings (SSSR count). The molecular formula is C10H12ClNO2. The van der Waals surface area contributed by atoms with Gasteiger partial charge in [-0.25, -0.2) is 0 Å². The van der Waals surface area contributed by atoms with Crippen LogP contribution in [0.25, 0.3) is 0 Å². The van der Waals surface area contributed by atoms with Gasteiger partial charge in [-0.2, -0.15) is 0 Å². The molecule has 0 aliphatic heterocycles. The molecule has 4 heteroatoms. The van der Waals surface area contributed by atoms with Crippen LogP contribution in [0.2, 0.25) is 5.02 Å². The number of halogens is 1. The van der Waals surface area contributed by atoms with Crippen molar-refractivity contribution < 1.29 is 4.92 Å². The molecule has 0 N–H and O–H groups in total. The zero-order valence-corrected chi connectivity index (χ0v) is 9.40. The number of hydrogen-bond donors (Lipinski definition) is 0. The van der Waals surface area contributed by atoms with E-state index in [4.69, 9.17) is 11.6 Å². The lowest BCUT2D eigenvalue weighted by molar-refractivity contribution is -0.385.